The number of hydrogen-bond acceptors (Lipinski definition) is 6. The number of nitrogens with one attached hydrogen (secondary N) is 1. The Morgan fingerprint density at radius 3 is 3.20 bits per heavy atom. The highest BCUT2D eigenvalue weighted by molar-refractivity contribution is 5.57. The largest absolute Gasteiger partial charge is 0.321 e. The van der Waals surface area contributed by atoms with Crippen molar-refractivity contribution < 1.29 is 4.79 Å². The van der Waals surface area contributed by atoms with Gasteiger partial charge in [0, 0.05) is 12.6 Å². The summed E-state index contributed by atoms with van der Waals surface area (Å²) in [6.07, 6.45) is 4.33. The van der Waals surface area contributed by atoms with Gasteiger partial charge >= 0.3 is 0 Å². The number of tetrazole rings is 1. The van der Waals surface area contributed by atoms with Crippen molar-refractivity contribution in [2.75, 3.05) is 0 Å². The van der Waals surface area contributed by atoms with Crippen LogP contribution >= 0.6 is 0 Å². The van der Waals surface area contributed by atoms with E-state index in [9.17, 15) is 4.79 Å². The standard InChI is InChI=1S/C7H9N7O/c8-5(3-15)1-6-2-14(4-9-6)7-10-12-13-11-7/h2-5H,1,8H2,(H,10,11,12,13). The molecule has 1 atom stereocenters. The first-order chi connectivity index (χ1) is 7.29. The second-order valence-electron chi connectivity index (χ2n) is 2.99. The maximum atomic E-state index is 10.3. The van der Waals surface area contributed by atoms with Crippen molar-refractivity contribution in [3.05, 3.63) is 18.2 Å². The number of nitrogens with zero attached hydrogens (tertiary/aromatic N) is 5. The number of imidazole rings is 1. The van der Waals surface area contributed by atoms with Crippen LogP contribution in [-0.2, 0) is 11.2 Å². The van der Waals surface area contributed by atoms with E-state index in [1.807, 2.05) is 0 Å². The minimum atomic E-state index is -0.529. The van der Waals surface area contributed by atoms with Crippen LogP contribution in [0.15, 0.2) is 12.5 Å². The summed E-state index contributed by atoms with van der Waals surface area (Å²) < 4.78 is 1.59. The van der Waals surface area contributed by atoms with Crippen LogP contribution in [0.3, 0.4) is 0 Å². The van der Waals surface area contributed by atoms with Crippen molar-refractivity contribution in [2.45, 2.75) is 12.5 Å². The smallest absolute Gasteiger partial charge is 0.275 e. The number of aromatic amines is 1. The molecule has 0 aliphatic carbocycles. The van der Waals surface area contributed by atoms with Gasteiger partial charge in [-0.05, 0) is 5.21 Å². The van der Waals surface area contributed by atoms with Gasteiger partial charge in [-0.3, -0.25) is 4.57 Å². The normalized spacial score (nSPS) is 12.6. The van der Waals surface area contributed by atoms with Gasteiger partial charge in [0.05, 0.1) is 11.7 Å². The Kier molecular flexibility index (Phi) is 2.50. The van der Waals surface area contributed by atoms with Gasteiger partial charge in [-0.15, -0.1) is 5.10 Å². The third kappa shape index (κ3) is 2.05. The van der Waals surface area contributed by atoms with Gasteiger partial charge < -0.3 is 10.5 Å². The van der Waals surface area contributed by atoms with Crippen LogP contribution in [0.1, 0.15) is 5.69 Å². The molecule has 2 aromatic rings. The Hall–Kier alpha value is -2.09. The van der Waals surface area contributed by atoms with E-state index in [0.29, 0.717) is 24.3 Å². The number of carbonyl (C=O) groups is 1. The third-order valence-electron chi connectivity index (χ3n) is 1.82. The number of carbonyl (C=O) groups excluding carboxylic acids is 1. The number of aldehydes is 1. The third-order valence-corrected chi connectivity index (χ3v) is 1.82. The quantitative estimate of drug-likeness (QED) is 0.586. The Bertz CT molecular complexity index is 434. The van der Waals surface area contributed by atoms with Crippen molar-refractivity contribution in [1.29, 1.82) is 0 Å². The summed E-state index contributed by atoms with van der Waals surface area (Å²) in [7, 11) is 0. The fourth-order valence-corrected chi connectivity index (χ4v) is 1.13. The van der Waals surface area contributed by atoms with Crippen LogP contribution < -0.4 is 5.73 Å². The van der Waals surface area contributed by atoms with Crippen molar-refractivity contribution in [1.82, 2.24) is 30.2 Å². The van der Waals surface area contributed by atoms with Crippen molar-refractivity contribution in [3.63, 3.8) is 0 Å². The SMILES string of the molecule is NC(C=O)Cc1cn(-c2nn[nH]n2)cn1. The molecule has 15 heavy (non-hydrogen) atoms. The molecule has 0 aromatic carbocycles. The number of aromatic nitrogens is 6. The van der Waals surface area contributed by atoms with E-state index >= 15 is 0 Å². The van der Waals surface area contributed by atoms with Crippen molar-refractivity contribution in [3.8, 4) is 5.95 Å². The molecule has 8 nitrogen and oxygen atoms in total. The van der Waals surface area contributed by atoms with Crippen LogP contribution in [0.25, 0.3) is 5.95 Å². The summed E-state index contributed by atoms with van der Waals surface area (Å²) in [5.74, 6) is 0.397. The first kappa shape index (κ1) is 9.46. The highest BCUT2D eigenvalue weighted by Gasteiger charge is 2.07. The van der Waals surface area contributed by atoms with Gasteiger partial charge in [0.15, 0.2) is 0 Å². The van der Waals surface area contributed by atoms with Crippen LogP contribution in [0.4, 0.5) is 0 Å². The van der Waals surface area contributed by atoms with Crippen LogP contribution in [0, 0.1) is 0 Å². The molecule has 0 bridgehead atoms. The molecule has 2 heterocycles. The lowest BCUT2D eigenvalue weighted by atomic mass is 10.2. The Morgan fingerprint density at radius 1 is 1.67 bits per heavy atom. The lowest BCUT2D eigenvalue weighted by Gasteiger charge is -1.98. The van der Waals surface area contributed by atoms with Gasteiger partial charge in [0.2, 0.25) is 0 Å². The fraction of sp³-hybridized carbons (Fsp3) is 0.286. The van der Waals surface area contributed by atoms with Gasteiger partial charge in [-0.25, -0.2) is 4.98 Å². The maximum Gasteiger partial charge on any atom is 0.275 e. The summed E-state index contributed by atoms with van der Waals surface area (Å²) in [4.78, 5) is 14.4. The zero-order valence-corrected chi connectivity index (χ0v) is 7.74. The molecule has 1 unspecified atom stereocenters. The molecule has 8 heteroatoms. The minimum absolute atomic E-state index is 0.397. The maximum absolute atomic E-state index is 10.3. The molecule has 0 aliphatic heterocycles. The molecule has 0 fully saturated rings. The van der Waals surface area contributed by atoms with Crippen molar-refractivity contribution in [2.24, 2.45) is 5.73 Å². The molecule has 0 saturated carbocycles. The number of nitrogens with two attached hydrogens (primary N) is 1. The number of H-pyrrole nitrogens is 1. The molecule has 0 radical (unpaired) electrons. The molecule has 0 saturated heterocycles. The van der Waals surface area contributed by atoms with E-state index < -0.39 is 6.04 Å². The van der Waals surface area contributed by atoms with E-state index in [1.165, 1.54) is 6.33 Å². The lowest BCUT2D eigenvalue weighted by molar-refractivity contribution is -0.108. The molecule has 0 aliphatic rings. The molecular weight excluding hydrogens is 198 g/mol. The topological polar surface area (TPSA) is 115 Å². The average molecular weight is 207 g/mol. The number of hydrogen-bond donors (Lipinski definition) is 2. The summed E-state index contributed by atoms with van der Waals surface area (Å²) in [6, 6.07) is -0.529. The van der Waals surface area contributed by atoms with Crippen LogP contribution in [0.5, 0.6) is 0 Å². The van der Waals surface area contributed by atoms with Gasteiger partial charge in [0.25, 0.3) is 5.95 Å². The summed E-state index contributed by atoms with van der Waals surface area (Å²) in [5, 5.41) is 13.3. The zero-order valence-electron chi connectivity index (χ0n) is 7.74. The second-order valence-corrected chi connectivity index (χ2v) is 2.99. The van der Waals surface area contributed by atoms with Crippen LogP contribution in [0.2, 0.25) is 0 Å². The molecular formula is C7H9N7O. The summed E-state index contributed by atoms with van der Waals surface area (Å²) in [5.41, 5.74) is 6.17. The van der Waals surface area contributed by atoms with E-state index in [1.54, 1.807) is 10.8 Å². The minimum Gasteiger partial charge on any atom is -0.321 e. The molecule has 0 spiro atoms. The predicted octanol–water partition coefficient (Wildman–Crippen LogP) is -1.55. The Morgan fingerprint density at radius 2 is 2.53 bits per heavy atom. The highest BCUT2D eigenvalue weighted by Crippen LogP contribution is 2.02. The molecule has 2 aromatic heterocycles. The molecule has 3 N–H and O–H groups in total. The number of rotatable bonds is 4. The van der Waals surface area contributed by atoms with E-state index in [4.69, 9.17) is 5.73 Å². The predicted molar refractivity (Wildman–Crippen MR) is 49.0 cm³/mol. The zero-order chi connectivity index (χ0) is 10.7. The first-order valence-corrected chi connectivity index (χ1v) is 4.27. The van der Waals surface area contributed by atoms with Gasteiger partial charge in [-0.2, -0.15) is 5.21 Å². The van der Waals surface area contributed by atoms with E-state index in [0.717, 1.165) is 0 Å². The highest BCUT2D eigenvalue weighted by atomic mass is 16.1. The molecule has 78 valence electrons. The Labute approximate surface area is 84.5 Å². The summed E-state index contributed by atoms with van der Waals surface area (Å²) >= 11 is 0. The van der Waals surface area contributed by atoms with E-state index in [2.05, 4.69) is 25.6 Å². The van der Waals surface area contributed by atoms with Crippen molar-refractivity contribution >= 4 is 6.29 Å². The molecule has 0 amide bonds. The molecule has 2 rings (SSSR count). The lowest BCUT2D eigenvalue weighted by Crippen LogP contribution is -2.24. The average Bonchev–Trinajstić information content (AvgIpc) is 2.85. The fourth-order valence-electron chi connectivity index (χ4n) is 1.13. The van der Waals surface area contributed by atoms with Crippen LogP contribution in [-0.4, -0.2) is 42.5 Å². The van der Waals surface area contributed by atoms with Gasteiger partial charge in [-0.1, -0.05) is 5.10 Å². The van der Waals surface area contributed by atoms with E-state index in [-0.39, 0.29) is 0 Å². The first-order valence-electron chi connectivity index (χ1n) is 4.27. The monoisotopic (exact) mass is 207 g/mol. The summed E-state index contributed by atoms with van der Waals surface area (Å²) in [6.45, 7) is 0. The Balaban J connectivity index is 2.14. The van der Waals surface area contributed by atoms with Gasteiger partial charge in [0.1, 0.15) is 12.6 Å². The second kappa shape index (κ2) is 3.96.